The number of amides is 1. The molecule has 0 aliphatic carbocycles. The van der Waals surface area contributed by atoms with E-state index in [4.69, 9.17) is 10.5 Å². The molecular weight excluding hydrogens is 192 g/mol. The van der Waals surface area contributed by atoms with Crippen LogP contribution in [0.4, 0.5) is 11.4 Å². The number of carbonyl (C=O) groups excluding carboxylic acids is 1. The lowest BCUT2D eigenvalue weighted by Gasteiger charge is -2.17. The van der Waals surface area contributed by atoms with Crippen LogP contribution in [-0.2, 0) is 4.79 Å². The predicted octanol–water partition coefficient (Wildman–Crippen LogP) is 1.43. The van der Waals surface area contributed by atoms with Crippen molar-refractivity contribution in [1.82, 2.24) is 0 Å². The fourth-order valence-corrected chi connectivity index (χ4v) is 1.22. The summed E-state index contributed by atoms with van der Waals surface area (Å²) in [5.41, 5.74) is 6.91. The number of rotatable bonds is 3. The lowest BCUT2D eigenvalue weighted by atomic mass is 10.2. The van der Waals surface area contributed by atoms with Crippen LogP contribution in [0.25, 0.3) is 0 Å². The molecule has 4 nitrogen and oxygen atoms in total. The second kappa shape index (κ2) is 4.50. The van der Waals surface area contributed by atoms with Crippen LogP contribution >= 0.6 is 0 Å². The summed E-state index contributed by atoms with van der Waals surface area (Å²) in [6.45, 7) is 3.41. The van der Waals surface area contributed by atoms with E-state index in [0.717, 1.165) is 0 Å². The van der Waals surface area contributed by atoms with Gasteiger partial charge in [-0.1, -0.05) is 6.58 Å². The molecule has 0 unspecified atom stereocenters. The van der Waals surface area contributed by atoms with Gasteiger partial charge in [-0.2, -0.15) is 0 Å². The highest BCUT2D eigenvalue weighted by Crippen LogP contribution is 2.26. The van der Waals surface area contributed by atoms with Crippen LogP contribution < -0.4 is 15.4 Å². The van der Waals surface area contributed by atoms with Gasteiger partial charge in [0.2, 0.25) is 5.91 Å². The standard InChI is InChI=1S/C11H14N2O2/c1-4-11(14)13(2)10-6-5-8(15-3)7-9(10)12/h4-7H,1,12H2,2-3H3. The van der Waals surface area contributed by atoms with Gasteiger partial charge >= 0.3 is 0 Å². The Hall–Kier alpha value is -1.97. The van der Waals surface area contributed by atoms with Crippen molar-refractivity contribution in [2.75, 3.05) is 24.8 Å². The summed E-state index contributed by atoms with van der Waals surface area (Å²) in [5, 5.41) is 0. The van der Waals surface area contributed by atoms with Gasteiger partial charge in [0.1, 0.15) is 5.75 Å². The van der Waals surface area contributed by atoms with Crippen LogP contribution in [0.1, 0.15) is 0 Å². The Balaban J connectivity index is 3.05. The van der Waals surface area contributed by atoms with Gasteiger partial charge in [0.05, 0.1) is 18.5 Å². The SMILES string of the molecule is C=CC(=O)N(C)c1ccc(OC)cc1N. The average molecular weight is 206 g/mol. The van der Waals surface area contributed by atoms with Crippen LogP contribution in [0.5, 0.6) is 5.75 Å². The highest BCUT2D eigenvalue weighted by atomic mass is 16.5. The van der Waals surface area contributed by atoms with E-state index in [9.17, 15) is 4.79 Å². The van der Waals surface area contributed by atoms with Crippen molar-refractivity contribution in [1.29, 1.82) is 0 Å². The first-order valence-electron chi connectivity index (χ1n) is 4.43. The first-order chi connectivity index (χ1) is 7.10. The van der Waals surface area contributed by atoms with Crippen LogP contribution in [0.3, 0.4) is 0 Å². The van der Waals surface area contributed by atoms with Gasteiger partial charge in [0.15, 0.2) is 0 Å². The third kappa shape index (κ3) is 2.28. The number of nitrogen functional groups attached to an aromatic ring is 1. The van der Waals surface area contributed by atoms with Crippen LogP contribution in [0, 0.1) is 0 Å². The fourth-order valence-electron chi connectivity index (χ4n) is 1.22. The zero-order valence-electron chi connectivity index (χ0n) is 8.86. The molecule has 0 atom stereocenters. The Morgan fingerprint density at radius 2 is 2.27 bits per heavy atom. The number of anilines is 2. The van der Waals surface area contributed by atoms with E-state index in [0.29, 0.717) is 17.1 Å². The van der Waals surface area contributed by atoms with Crippen molar-refractivity contribution < 1.29 is 9.53 Å². The molecule has 4 heteroatoms. The monoisotopic (exact) mass is 206 g/mol. The number of methoxy groups -OCH3 is 1. The largest absolute Gasteiger partial charge is 0.497 e. The summed E-state index contributed by atoms with van der Waals surface area (Å²) < 4.78 is 5.01. The molecule has 0 aromatic heterocycles. The summed E-state index contributed by atoms with van der Waals surface area (Å²) in [7, 11) is 3.20. The lowest BCUT2D eigenvalue weighted by Crippen LogP contribution is -2.24. The number of nitrogens with two attached hydrogens (primary N) is 1. The Morgan fingerprint density at radius 3 is 2.73 bits per heavy atom. The topological polar surface area (TPSA) is 55.6 Å². The van der Waals surface area contributed by atoms with Crippen LogP contribution in [0.15, 0.2) is 30.9 Å². The Bertz CT molecular complexity index is 388. The van der Waals surface area contributed by atoms with Crippen LogP contribution in [-0.4, -0.2) is 20.1 Å². The molecular formula is C11H14N2O2. The van der Waals surface area contributed by atoms with Gasteiger partial charge in [0.25, 0.3) is 0 Å². The summed E-state index contributed by atoms with van der Waals surface area (Å²) in [6.07, 6.45) is 1.24. The maximum absolute atomic E-state index is 11.3. The molecule has 1 aromatic carbocycles. The summed E-state index contributed by atoms with van der Waals surface area (Å²) in [5.74, 6) is 0.461. The van der Waals surface area contributed by atoms with E-state index in [1.165, 1.54) is 11.0 Å². The Morgan fingerprint density at radius 1 is 1.60 bits per heavy atom. The minimum atomic E-state index is -0.202. The van der Waals surface area contributed by atoms with Crippen molar-refractivity contribution in [2.24, 2.45) is 0 Å². The van der Waals surface area contributed by atoms with Gasteiger partial charge in [0, 0.05) is 13.1 Å². The molecule has 0 aliphatic rings. The molecule has 0 radical (unpaired) electrons. The molecule has 0 bridgehead atoms. The zero-order chi connectivity index (χ0) is 11.4. The van der Waals surface area contributed by atoms with E-state index in [1.807, 2.05) is 0 Å². The molecule has 0 saturated heterocycles. The number of carbonyl (C=O) groups is 1. The number of hydrogen-bond donors (Lipinski definition) is 1. The molecule has 2 N–H and O–H groups in total. The second-order valence-electron chi connectivity index (χ2n) is 3.03. The van der Waals surface area contributed by atoms with Crippen LogP contribution in [0.2, 0.25) is 0 Å². The average Bonchev–Trinajstić information content (AvgIpc) is 2.26. The molecule has 1 rings (SSSR count). The Labute approximate surface area is 88.9 Å². The first kappa shape index (κ1) is 11.1. The molecule has 0 heterocycles. The zero-order valence-corrected chi connectivity index (χ0v) is 8.86. The summed E-state index contributed by atoms with van der Waals surface area (Å²) >= 11 is 0. The second-order valence-corrected chi connectivity index (χ2v) is 3.03. The molecule has 0 spiro atoms. The summed E-state index contributed by atoms with van der Waals surface area (Å²) in [4.78, 5) is 12.8. The van der Waals surface area contributed by atoms with E-state index in [1.54, 1.807) is 32.4 Å². The molecule has 0 aliphatic heterocycles. The van der Waals surface area contributed by atoms with Crippen molar-refractivity contribution in [3.8, 4) is 5.75 Å². The fraction of sp³-hybridized carbons (Fsp3) is 0.182. The highest BCUT2D eigenvalue weighted by molar-refractivity contribution is 6.02. The lowest BCUT2D eigenvalue weighted by molar-refractivity contribution is -0.113. The number of nitrogens with zero attached hydrogens (tertiary/aromatic N) is 1. The number of hydrogen-bond acceptors (Lipinski definition) is 3. The number of benzene rings is 1. The molecule has 80 valence electrons. The molecule has 1 aromatic rings. The molecule has 1 amide bonds. The minimum Gasteiger partial charge on any atom is -0.497 e. The quantitative estimate of drug-likeness (QED) is 0.601. The minimum absolute atomic E-state index is 0.202. The van der Waals surface area contributed by atoms with Crippen molar-refractivity contribution >= 4 is 17.3 Å². The molecule has 0 saturated carbocycles. The van der Waals surface area contributed by atoms with E-state index >= 15 is 0 Å². The maximum Gasteiger partial charge on any atom is 0.250 e. The predicted molar refractivity (Wildman–Crippen MR) is 61.0 cm³/mol. The molecule has 0 fully saturated rings. The first-order valence-corrected chi connectivity index (χ1v) is 4.43. The van der Waals surface area contributed by atoms with Gasteiger partial charge in [-0.15, -0.1) is 0 Å². The normalized spacial score (nSPS) is 9.47. The van der Waals surface area contributed by atoms with E-state index in [2.05, 4.69) is 6.58 Å². The van der Waals surface area contributed by atoms with E-state index < -0.39 is 0 Å². The van der Waals surface area contributed by atoms with Crippen molar-refractivity contribution in [3.05, 3.63) is 30.9 Å². The third-order valence-corrected chi connectivity index (χ3v) is 2.10. The van der Waals surface area contributed by atoms with E-state index in [-0.39, 0.29) is 5.91 Å². The van der Waals surface area contributed by atoms with Gasteiger partial charge < -0.3 is 15.4 Å². The van der Waals surface area contributed by atoms with Crippen molar-refractivity contribution in [2.45, 2.75) is 0 Å². The van der Waals surface area contributed by atoms with Crippen molar-refractivity contribution in [3.63, 3.8) is 0 Å². The third-order valence-electron chi connectivity index (χ3n) is 2.10. The van der Waals surface area contributed by atoms with Gasteiger partial charge in [-0.25, -0.2) is 0 Å². The smallest absolute Gasteiger partial charge is 0.250 e. The summed E-state index contributed by atoms with van der Waals surface area (Å²) in [6, 6.07) is 5.15. The highest BCUT2D eigenvalue weighted by Gasteiger charge is 2.10. The van der Waals surface area contributed by atoms with Gasteiger partial charge in [-0.05, 0) is 18.2 Å². The number of likely N-dealkylation sites (N-methyl/N-ethyl adjacent to an activating group) is 1. The Kier molecular flexibility index (Phi) is 3.33. The molecule has 15 heavy (non-hydrogen) atoms. The maximum atomic E-state index is 11.3. The van der Waals surface area contributed by atoms with Gasteiger partial charge in [-0.3, -0.25) is 4.79 Å². The number of ether oxygens (including phenoxy) is 1.